The van der Waals surface area contributed by atoms with Gasteiger partial charge in [-0.3, -0.25) is 0 Å². The van der Waals surface area contributed by atoms with E-state index in [1.165, 1.54) is 11.6 Å². The maximum atomic E-state index is 13.5. The summed E-state index contributed by atoms with van der Waals surface area (Å²) >= 11 is 1.66. The highest BCUT2D eigenvalue weighted by Crippen LogP contribution is 2.15. The topological polar surface area (TPSA) is 35.8 Å². The Morgan fingerprint density at radius 2 is 2.24 bits per heavy atom. The van der Waals surface area contributed by atoms with Crippen LogP contribution in [0, 0.1) is 17.1 Å². The van der Waals surface area contributed by atoms with Crippen molar-refractivity contribution < 1.29 is 4.39 Å². The van der Waals surface area contributed by atoms with Crippen molar-refractivity contribution in [1.82, 2.24) is 0 Å². The molecule has 2 rings (SSSR count). The lowest BCUT2D eigenvalue weighted by Crippen LogP contribution is -2.05. The normalized spacial score (nSPS) is 9.88. The summed E-state index contributed by atoms with van der Waals surface area (Å²) in [7, 11) is 0. The third-order valence-corrected chi connectivity index (χ3v) is 3.14. The highest BCUT2D eigenvalue weighted by Gasteiger charge is 2.02. The van der Waals surface area contributed by atoms with Gasteiger partial charge in [0, 0.05) is 6.54 Å². The molecule has 0 saturated carbocycles. The smallest absolute Gasteiger partial charge is 0.147 e. The van der Waals surface area contributed by atoms with E-state index in [0.717, 1.165) is 6.42 Å². The molecule has 0 saturated heterocycles. The third-order valence-electron chi connectivity index (χ3n) is 2.41. The summed E-state index contributed by atoms with van der Waals surface area (Å²) in [6, 6.07) is 8.41. The maximum Gasteiger partial charge on any atom is 0.147 e. The second-order valence-corrected chi connectivity index (χ2v) is 4.39. The maximum absolute atomic E-state index is 13.5. The fourth-order valence-electron chi connectivity index (χ4n) is 1.50. The zero-order chi connectivity index (χ0) is 12.1. The molecule has 2 aromatic rings. The summed E-state index contributed by atoms with van der Waals surface area (Å²) in [4.78, 5) is 0. The molecule has 0 atom stereocenters. The minimum Gasteiger partial charge on any atom is -0.382 e. The van der Waals surface area contributed by atoms with E-state index in [9.17, 15) is 4.39 Å². The molecule has 1 heterocycles. The standard InChI is InChI=1S/C13H11FN2S/c14-12-7-11(8-15)1-2-13(12)16-5-3-10-4-6-17-9-10/h1-2,4,6-7,9,16H,3,5H2. The van der Waals surface area contributed by atoms with Gasteiger partial charge in [0.05, 0.1) is 17.3 Å². The molecule has 0 fully saturated rings. The Balaban J connectivity index is 1.93. The first kappa shape index (κ1) is 11.6. The van der Waals surface area contributed by atoms with Gasteiger partial charge in [-0.05, 0) is 47.0 Å². The van der Waals surface area contributed by atoms with Crippen LogP contribution in [0.5, 0.6) is 0 Å². The van der Waals surface area contributed by atoms with E-state index in [1.807, 2.05) is 11.4 Å². The highest BCUT2D eigenvalue weighted by atomic mass is 32.1. The number of benzene rings is 1. The van der Waals surface area contributed by atoms with Crippen LogP contribution in [0.15, 0.2) is 35.0 Å². The molecule has 1 N–H and O–H groups in total. The molecule has 1 aromatic heterocycles. The van der Waals surface area contributed by atoms with Crippen LogP contribution in [0.4, 0.5) is 10.1 Å². The number of hydrogen-bond donors (Lipinski definition) is 1. The molecule has 4 heteroatoms. The number of nitrogens with zero attached hydrogens (tertiary/aromatic N) is 1. The van der Waals surface area contributed by atoms with Gasteiger partial charge < -0.3 is 5.32 Å². The van der Waals surface area contributed by atoms with Crippen LogP contribution < -0.4 is 5.32 Å². The fraction of sp³-hybridized carbons (Fsp3) is 0.154. The summed E-state index contributed by atoms with van der Waals surface area (Å²) in [5, 5.41) is 15.7. The Morgan fingerprint density at radius 1 is 1.35 bits per heavy atom. The quantitative estimate of drug-likeness (QED) is 0.897. The van der Waals surface area contributed by atoms with Gasteiger partial charge in [0.1, 0.15) is 5.82 Å². The van der Waals surface area contributed by atoms with Crippen molar-refractivity contribution in [2.75, 3.05) is 11.9 Å². The van der Waals surface area contributed by atoms with E-state index >= 15 is 0 Å². The third kappa shape index (κ3) is 3.05. The lowest BCUT2D eigenvalue weighted by Gasteiger charge is -2.06. The Kier molecular flexibility index (Phi) is 3.73. The van der Waals surface area contributed by atoms with Crippen LogP contribution in [0.1, 0.15) is 11.1 Å². The van der Waals surface area contributed by atoms with Crippen LogP contribution in [-0.2, 0) is 6.42 Å². The van der Waals surface area contributed by atoms with Gasteiger partial charge >= 0.3 is 0 Å². The van der Waals surface area contributed by atoms with E-state index in [4.69, 9.17) is 5.26 Å². The molecule has 2 nitrogen and oxygen atoms in total. The first-order valence-corrected chi connectivity index (χ1v) is 6.18. The number of anilines is 1. The summed E-state index contributed by atoms with van der Waals surface area (Å²) in [6.07, 6.45) is 0.864. The number of nitriles is 1. The first-order chi connectivity index (χ1) is 8.29. The Hall–Kier alpha value is -1.86. The Bertz CT molecular complexity index is 529. The number of thiophene rings is 1. The molecule has 0 radical (unpaired) electrons. The largest absolute Gasteiger partial charge is 0.382 e. The van der Waals surface area contributed by atoms with Gasteiger partial charge in [-0.2, -0.15) is 16.6 Å². The van der Waals surface area contributed by atoms with Crippen molar-refractivity contribution in [2.24, 2.45) is 0 Å². The molecule has 0 bridgehead atoms. The van der Waals surface area contributed by atoms with E-state index in [0.29, 0.717) is 17.8 Å². The number of halogens is 1. The van der Waals surface area contributed by atoms with Gasteiger partial charge in [-0.15, -0.1) is 0 Å². The van der Waals surface area contributed by atoms with Crippen molar-refractivity contribution in [3.63, 3.8) is 0 Å². The molecule has 0 aliphatic rings. The molecule has 0 aliphatic carbocycles. The SMILES string of the molecule is N#Cc1ccc(NCCc2ccsc2)c(F)c1. The summed E-state index contributed by atoms with van der Waals surface area (Å²) in [6.45, 7) is 0.680. The van der Waals surface area contributed by atoms with Crippen molar-refractivity contribution >= 4 is 17.0 Å². The Labute approximate surface area is 103 Å². The molecule has 1 aromatic carbocycles. The second kappa shape index (κ2) is 5.46. The zero-order valence-corrected chi connectivity index (χ0v) is 9.93. The highest BCUT2D eigenvalue weighted by molar-refractivity contribution is 7.07. The first-order valence-electron chi connectivity index (χ1n) is 5.24. The predicted octanol–water partition coefficient (Wildman–Crippen LogP) is 3.41. The Morgan fingerprint density at radius 3 is 2.88 bits per heavy atom. The number of hydrogen-bond acceptors (Lipinski definition) is 3. The molecule has 0 spiro atoms. The summed E-state index contributed by atoms with van der Waals surface area (Å²) in [5.74, 6) is -0.380. The van der Waals surface area contributed by atoms with Crippen LogP contribution in [0.2, 0.25) is 0 Å². The average Bonchev–Trinajstić information content (AvgIpc) is 2.84. The van der Waals surface area contributed by atoms with Crippen molar-refractivity contribution in [3.05, 3.63) is 52.0 Å². The van der Waals surface area contributed by atoms with Crippen molar-refractivity contribution in [2.45, 2.75) is 6.42 Å². The summed E-state index contributed by atoms with van der Waals surface area (Å²) < 4.78 is 13.5. The molecular formula is C13H11FN2S. The van der Waals surface area contributed by atoms with Crippen LogP contribution in [0.25, 0.3) is 0 Å². The lowest BCUT2D eigenvalue weighted by atomic mass is 10.2. The van der Waals surface area contributed by atoms with Gasteiger partial charge in [-0.1, -0.05) is 0 Å². The van der Waals surface area contributed by atoms with Crippen LogP contribution in [0.3, 0.4) is 0 Å². The van der Waals surface area contributed by atoms with E-state index in [2.05, 4.69) is 16.8 Å². The molecular weight excluding hydrogens is 235 g/mol. The van der Waals surface area contributed by atoms with Gasteiger partial charge in [0.25, 0.3) is 0 Å². The predicted molar refractivity (Wildman–Crippen MR) is 67.6 cm³/mol. The number of nitrogens with one attached hydrogen (secondary N) is 1. The van der Waals surface area contributed by atoms with Crippen LogP contribution >= 0.6 is 11.3 Å². The average molecular weight is 246 g/mol. The second-order valence-electron chi connectivity index (χ2n) is 3.61. The van der Waals surface area contributed by atoms with Crippen molar-refractivity contribution in [1.29, 1.82) is 5.26 Å². The van der Waals surface area contributed by atoms with Gasteiger partial charge in [0.15, 0.2) is 0 Å². The minimum absolute atomic E-state index is 0.339. The molecule has 0 aliphatic heterocycles. The molecule has 0 amide bonds. The number of rotatable bonds is 4. The fourth-order valence-corrected chi connectivity index (χ4v) is 2.21. The van der Waals surface area contributed by atoms with E-state index in [-0.39, 0.29) is 5.82 Å². The molecule has 17 heavy (non-hydrogen) atoms. The minimum atomic E-state index is -0.380. The lowest BCUT2D eigenvalue weighted by molar-refractivity contribution is 0.629. The monoisotopic (exact) mass is 246 g/mol. The van der Waals surface area contributed by atoms with Crippen LogP contribution in [-0.4, -0.2) is 6.54 Å². The van der Waals surface area contributed by atoms with E-state index in [1.54, 1.807) is 23.5 Å². The molecule has 0 unspecified atom stereocenters. The van der Waals surface area contributed by atoms with Gasteiger partial charge in [0.2, 0.25) is 0 Å². The summed E-state index contributed by atoms with van der Waals surface area (Å²) in [5.41, 5.74) is 2.03. The van der Waals surface area contributed by atoms with Gasteiger partial charge in [-0.25, -0.2) is 4.39 Å². The zero-order valence-electron chi connectivity index (χ0n) is 9.11. The van der Waals surface area contributed by atoms with E-state index < -0.39 is 0 Å². The van der Waals surface area contributed by atoms with Crippen molar-refractivity contribution in [3.8, 4) is 6.07 Å². The molecule has 86 valence electrons.